The highest BCUT2D eigenvalue weighted by Crippen LogP contribution is 2.43. The van der Waals surface area contributed by atoms with Crippen LogP contribution in [0, 0.1) is 11.3 Å². The highest BCUT2D eigenvalue weighted by molar-refractivity contribution is 7.78. The van der Waals surface area contributed by atoms with E-state index in [1.54, 1.807) is 12.1 Å². The fraction of sp³-hybridized carbons (Fsp3) is 0.333. The van der Waals surface area contributed by atoms with E-state index in [0.29, 0.717) is 5.56 Å². The van der Waals surface area contributed by atoms with Crippen LogP contribution in [0.5, 0.6) is 5.75 Å². The zero-order valence-electron chi connectivity index (χ0n) is 9.02. The second kappa shape index (κ2) is 3.71. The van der Waals surface area contributed by atoms with Gasteiger partial charge in [-0.05, 0) is 30.4 Å². The van der Waals surface area contributed by atoms with Crippen LogP contribution in [0.2, 0.25) is 0 Å². The molecule has 0 aliphatic carbocycles. The van der Waals surface area contributed by atoms with Gasteiger partial charge in [0.2, 0.25) is 6.23 Å². The van der Waals surface area contributed by atoms with Gasteiger partial charge in [-0.1, -0.05) is 13.8 Å². The number of benzene rings is 1. The number of ether oxygens (including phenoxy) is 1. The Morgan fingerprint density at radius 2 is 2.25 bits per heavy atom. The van der Waals surface area contributed by atoms with Gasteiger partial charge in [-0.2, -0.15) is 10.3 Å². The standard InChI is InChI=1S/C12H10N2OS/c1-12(2)9-5-8(6-13)3-4-10(9)15-11(12)14-7-16/h3-5,11H,1-2H3. The first-order valence-electron chi connectivity index (χ1n) is 4.88. The van der Waals surface area contributed by atoms with Crippen LogP contribution < -0.4 is 4.74 Å². The fourth-order valence-electron chi connectivity index (χ4n) is 1.84. The number of fused-ring (bicyclic) bond motifs is 1. The van der Waals surface area contributed by atoms with E-state index in [1.165, 1.54) is 0 Å². The molecule has 1 heterocycles. The lowest BCUT2D eigenvalue weighted by atomic mass is 9.84. The summed E-state index contributed by atoms with van der Waals surface area (Å²) >= 11 is 4.60. The normalized spacial score (nSPS) is 20.2. The third-order valence-corrected chi connectivity index (χ3v) is 2.93. The molecule has 0 N–H and O–H groups in total. The van der Waals surface area contributed by atoms with Crippen LogP contribution in [0.15, 0.2) is 23.2 Å². The first kappa shape index (κ1) is 10.8. The molecule has 0 saturated carbocycles. The molecule has 0 amide bonds. The summed E-state index contributed by atoms with van der Waals surface area (Å²) in [6, 6.07) is 7.50. The highest BCUT2D eigenvalue weighted by Gasteiger charge is 2.41. The lowest BCUT2D eigenvalue weighted by molar-refractivity contribution is 0.176. The van der Waals surface area contributed by atoms with Gasteiger partial charge in [0.1, 0.15) is 5.75 Å². The van der Waals surface area contributed by atoms with Gasteiger partial charge in [0.05, 0.1) is 22.2 Å². The molecule has 0 spiro atoms. The number of aliphatic imine (C=N–C) groups is 1. The molecule has 16 heavy (non-hydrogen) atoms. The van der Waals surface area contributed by atoms with E-state index < -0.39 is 0 Å². The van der Waals surface area contributed by atoms with Crippen LogP contribution in [-0.2, 0) is 5.41 Å². The Hall–Kier alpha value is -1.69. The molecule has 4 heteroatoms. The van der Waals surface area contributed by atoms with Crippen molar-refractivity contribution in [2.45, 2.75) is 25.5 Å². The monoisotopic (exact) mass is 230 g/mol. The maximum atomic E-state index is 8.87. The molecule has 0 radical (unpaired) electrons. The first-order chi connectivity index (χ1) is 7.59. The minimum absolute atomic E-state index is 0.284. The van der Waals surface area contributed by atoms with Crippen LogP contribution in [0.1, 0.15) is 25.0 Å². The Balaban J connectivity index is 2.54. The number of isothiocyanates is 1. The summed E-state index contributed by atoms with van der Waals surface area (Å²) in [7, 11) is 0. The van der Waals surface area contributed by atoms with Crippen LogP contribution >= 0.6 is 12.2 Å². The number of hydrogen-bond donors (Lipinski definition) is 0. The average molecular weight is 230 g/mol. The molecule has 1 unspecified atom stereocenters. The Morgan fingerprint density at radius 3 is 2.88 bits per heavy atom. The van der Waals surface area contributed by atoms with Crippen LogP contribution in [-0.4, -0.2) is 11.4 Å². The van der Waals surface area contributed by atoms with E-state index in [-0.39, 0.29) is 11.6 Å². The van der Waals surface area contributed by atoms with Gasteiger partial charge < -0.3 is 4.74 Å². The largest absolute Gasteiger partial charge is 0.467 e. The zero-order valence-corrected chi connectivity index (χ0v) is 9.84. The summed E-state index contributed by atoms with van der Waals surface area (Å²) in [5, 5.41) is 11.2. The molecule has 1 aliphatic heterocycles. The zero-order chi connectivity index (χ0) is 11.8. The molecule has 0 fully saturated rings. The summed E-state index contributed by atoms with van der Waals surface area (Å²) in [5.41, 5.74) is 1.33. The van der Waals surface area contributed by atoms with Crippen molar-refractivity contribution < 1.29 is 4.74 Å². The molecule has 1 aliphatic rings. The third-order valence-electron chi connectivity index (χ3n) is 2.83. The second-order valence-electron chi connectivity index (χ2n) is 4.24. The minimum Gasteiger partial charge on any atom is -0.467 e. The molecule has 0 saturated heterocycles. The summed E-state index contributed by atoms with van der Waals surface area (Å²) in [6.45, 7) is 4.03. The highest BCUT2D eigenvalue weighted by atomic mass is 32.1. The lowest BCUT2D eigenvalue weighted by Gasteiger charge is -2.21. The Morgan fingerprint density at radius 1 is 1.50 bits per heavy atom. The van der Waals surface area contributed by atoms with Crippen LogP contribution in [0.25, 0.3) is 0 Å². The molecule has 0 aromatic heterocycles. The van der Waals surface area contributed by atoms with Crippen LogP contribution in [0.4, 0.5) is 0 Å². The van der Waals surface area contributed by atoms with Crippen molar-refractivity contribution >= 4 is 17.4 Å². The molecular weight excluding hydrogens is 220 g/mol. The smallest absolute Gasteiger partial charge is 0.208 e. The number of hydrogen-bond acceptors (Lipinski definition) is 4. The minimum atomic E-state index is -0.353. The van der Waals surface area contributed by atoms with Crippen molar-refractivity contribution in [1.29, 1.82) is 5.26 Å². The van der Waals surface area contributed by atoms with Gasteiger partial charge in [0, 0.05) is 5.56 Å². The summed E-state index contributed by atoms with van der Waals surface area (Å²) in [5.74, 6) is 0.767. The van der Waals surface area contributed by atoms with Crippen molar-refractivity contribution in [3.8, 4) is 11.8 Å². The molecule has 1 aromatic carbocycles. The maximum Gasteiger partial charge on any atom is 0.208 e. The Bertz CT molecular complexity index is 524. The summed E-state index contributed by atoms with van der Waals surface area (Å²) < 4.78 is 5.66. The Kier molecular flexibility index (Phi) is 2.51. The Labute approximate surface area is 99.4 Å². The van der Waals surface area contributed by atoms with Gasteiger partial charge in [0.25, 0.3) is 0 Å². The number of nitriles is 1. The topological polar surface area (TPSA) is 45.4 Å². The molecule has 80 valence electrons. The van der Waals surface area contributed by atoms with E-state index in [0.717, 1.165) is 11.3 Å². The van der Waals surface area contributed by atoms with Crippen molar-refractivity contribution in [3.05, 3.63) is 29.3 Å². The van der Waals surface area contributed by atoms with Crippen molar-refractivity contribution in [3.63, 3.8) is 0 Å². The second-order valence-corrected chi connectivity index (χ2v) is 4.42. The third kappa shape index (κ3) is 1.51. The number of rotatable bonds is 1. The van der Waals surface area contributed by atoms with Crippen molar-refractivity contribution in [2.75, 3.05) is 0 Å². The lowest BCUT2D eigenvalue weighted by Crippen LogP contribution is -2.30. The van der Waals surface area contributed by atoms with Crippen molar-refractivity contribution in [1.82, 2.24) is 0 Å². The predicted molar refractivity (Wildman–Crippen MR) is 63.6 cm³/mol. The SMILES string of the molecule is CC1(C)c2cc(C#N)ccc2OC1N=C=S. The molecule has 3 nitrogen and oxygen atoms in total. The average Bonchev–Trinajstić information content (AvgIpc) is 2.51. The first-order valence-corrected chi connectivity index (χ1v) is 5.28. The van der Waals surface area contributed by atoms with Crippen molar-refractivity contribution in [2.24, 2.45) is 4.99 Å². The van der Waals surface area contributed by atoms with Gasteiger partial charge in [-0.15, -0.1) is 0 Å². The molecule has 1 aromatic rings. The molecule has 0 bridgehead atoms. The van der Waals surface area contributed by atoms with Gasteiger partial charge in [-0.25, -0.2) is 0 Å². The van der Waals surface area contributed by atoms with Crippen LogP contribution in [0.3, 0.4) is 0 Å². The van der Waals surface area contributed by atoms with Gasteiger partial charge in [0.15, 0.2) is 0 Å². The number of thiocarbonyl (C=S) groups is 1. The molecular formula is C12H10N2OS. The van der Waals surface area contributed by atoms with Gasteiger partial charge in [-0.3, -0.25) is 0 Å². The van der Waals surface area contributed by atoms with E-state index >= 15 is 0 Å². The quantitative estimate of drug-likeness (QED) is 0.550. The fourth-order valence-corrected chi connectivity index (χ4v) is 1.94. The van der Waals surface area contributed by atoms with E-state index in [1.807, 2.05) is 19.9 Å². The van der Waals surface area contributed by atoms with Gasteiger partial charge >= 0.3 is 0 Å². The van der Waals surface area contributed by atoms with E-state index in [2.05, 4.69) is 28.4 Å². The summed E-state index contributed by atoms with van der Waals surface area (Å²) in [6.07, 6.45) is -0.353. The number of nitrogens with zero attached hydrogens (tertiary/aromatic N) is 2. The molecule has 1 atom stereocenters. The van der Waals surface area contributed by atoms with E-state index in [9.17, 15) is 0 Å². The van der Waals surface area contributed by atoms with E-state index in [4.69, 9.17) is 10.00 Å². The molecule has 2 rings (SSSR count). The predicted octanol–water partition coefficient (Wildman–Crippen LogP) is 2.66. The maximum absolute atomic E-state index is 8.87. The summed E-state index contributed by atoms with van der Waals surface area (Å²) in [4.78, 5) is 4.01.